The van der Waals surface area contributed by atoms with Crippen molar-refractivity contribution < 1.29 is 18.7 Å². The van der Waals surface area contributed by atoms with E-state index in [-0.39, 0.29) is 12.1 Å². The minimum absolute atomic E-state index is 0.0261. The third kappa shape index (κ3) is 5.15. The summed E-state index contributed by atoms with van der Waals surface area (Å²) in [5.74, 6) is 2.10. The molecule has 1 atom stereocenters. The van der Waals surface area contributed by atoms with Gasteiger partial charge in [0.2, 0.25) is 0 Å². The lowest BCUT2D eigenvalue weighted by Crippen LogP contribution is -2.40. The van der Waals surface area contributed by atoms with Crippen LogP contribution in [0.3, 0.4) is 0 Å². The minimum atomic E-state index is -0.242. The molecular formula is C18H25N3O4. The van der Waals surface area contributed by atoms with E-state index in [1.54, 1.807) is 20.5 Å². The molecule has 1 aromatic carbocycles. The summed E-state index contributed by atoms with van der Waals surface area (Å²) in [5.41, 5.74) is 0.919. The van der Waals surface area contributed by atoms with Gasteiger partial charge in [-0.2, -0.15) is 0 Å². The SMILES string of the molecule is COc1ccc(CNC(=O)NC[C@@H](c2ccco2)N(C)C)cc1OC. The fourth-order valence-corrected chi connectivity index (χ4v) is 2.44. The van der Waals surface area contributed by atoms with Crippen molar-refractivity contribution in [3.8, 4) is 11.5 Å². The van der Waals surface area contributed by atoms with Crippen LogP contribution in [0, 0.1) is 0 Å². The lowest BCUT2D eigenvalue weighted by atomic mass is 10.2. The molecule has 2 amide bonds. The predicted molar refractivity (Wildman–Crippen MR) is 94.9 cm³/mol. The quantitative estimate of drug-likeness (QED) is 0.767. The molecule has 0 aliphatic carbocycles. The summed E-state index contributed by atoms with van der Waals surface area (Å²) < 4.78 is 15.9. The van der Waals surface area contributed by atoms with Crippen molar-refractivity contribution in [2.45, 2.75) is 12.6 Å². The highest BCUT2D eigenvalue weighted by atomic mass is 16.5. The average molecular weight is 347 g/mol. The van der Waals surface area contributed by atoms with E-state index in [4.69, 9.17) is 13.9 Å². The number of ether oxygens (including phenoxy) is 2. The zero-order chi connectivity index (χ0) is 18.2. The summed E-state index contributed by atoms with van der Waals surface area (Å²) in [6.07, 6.45) is 1.63. The number of rotatable bonds is 8. The zero-order valence-corrected chi connectivity index (χ0v) is 15.0. The molecule has 25 heavy (non-hydrogen) atoms. The van der Waals surface area contributed by atoms with E-state index < -0.39 is 0 Å². The molecule has 7 nitrogen and oxygen atoms in total. The van der Waals surface area contributed by atoms with Gasteiger partial charge in [0.25, 0.3) is 0 Å². The molecule has 0 radical (unpaired) electrons. The van der Waals surface area contributed by atoms with Crippen LogP contribution in [0.25, 0.3) is 0 Å². The van der Waals surface area contributed by atoms with Gasteiger partial charge in [0.05, 0.1) is 26.5 Å². The highest BCUT2D eigenvalue weighted by molar-refractivity contribution is 5.73. The number of furan rings is 1. The predicted octanol–water partition coefficient (Wildman–Crippen LogP) is 2.40. The molecule has 0 fully saturated rings. The first-order chi connectivity index (χ1) is 12.0. The Morgan fingerprint density at radius 3 is 2.52 bits per heavy atom. The number of amides is 2. The Morgan fingerprint density at radius 1 is 1.16 bits per heavy atom. The van der Waals surface area contributed by atoms with Gasteiger partial charge in [0.15, 0.2) is 11.5 Å². The second-order valence-corrected chi connectivity index (χ2v) is 5.75. The maximum atomic E-state index is 12.1. The van der Waals surface area contributed by atoms with Gasteiger partial charge < -0.3 is 24.5 Å². The van der Waals surface area contributed by atoms with E-state index in [0.717, 1.165) is 11.3 Å². The summed E-state index contributed by atoms with van der Waals surface area (Å²) >= 11 is 0. The molecular weight excluding hydrogens is 322 g/mol. The Bertz CT molecular complexity index is 671. The average Bonchev–Trinajstić information content (AvgIpc) is 3.13. The molecule has 2 N–H and O–H groups in total. The van der Waals surface area contributed by atoms with Gasteiger partial charge in [0, 0.05) is 13.1 Å². The Labute approximate surface area is 147 Å². The first-order valence-electron chi connectivity index (χ1n) is 7.97. The van der Waals surface area contributed by atoms with Gasteiger partial charge in [-0.25, -0.2) is 4.79 Å². The maximum Gasteiger partial charge on any atom is 0.315 e. The van der Waals surface area contributed by atoms with Crippen LogP contribution in [-0.4, -0.2) is 45.8 Å². The highest BCUT2D eigenvalue weighted by Crippen LogP contribution is 2.27. The lowest BCUT2D eigenvalue weighted by molar-refractivity contribution is 0.225. The maximum absolute atomic E-state index is 12.1. The van der Waals surface area contributed by atoms with Crippen molar-refractivity contribution in [2.24, 2.45) is 0 Å². The third-order valence-electron chi connectivity index (χ3n) is 3.85. The topological polar surface area (TPSA) is 76.0 Å². The van der Waals surface area contributed by atoms with Crippen LogP contribution in [-0.2, 0) is 6.54 Å². The smallest absolute Gasteiger partial charge is 0.315 e. The van der Waals surface area contributed by atoms with Crippen molar-refractivity contribution in [1.29, 1.82) is 0 Å². The summed E-state index contributed by atoms with van der Waals surface area (Å²) in [6.45, 7) is 0.831. The first kappa shape index (κ1) is 18.7. The van der Waals surface area contributed by atoms with Crippen molar-refractivity contribution in [3.05, 3.63) is 47.9 Å². The molecule has 7 heteroatoms. The molecule has 0 bridgehead atoms. The molecule has 1 aromatic heterocycles. The van der Waals surface area contributed by atoms with E-state index in [1.807, 2.05) is 49.3 Å². The summed E-state index contributed by atoms with van der Waals surface area (Å²) in [4.78, 5) is 14.1. The monoisotopic (exact) mass is 347 g/mol. The minimum Gasteiger partial charge on any atom is -0.493 e. The van der Waals surface area contributed by atoms with E-state index in [1.165, 1.54) is 0 Å². The van der Waals surface area contributed by atoms with Crippen LogP contribution in [0.4, 0.5) is 4.79 Å². The number of nitrogens with one attached hydrogen (secondary N) is 2. The van der Waals surface area contributed by atoms with E-state index >= 15 is 0 Å². The van der Waals surface area contributed by atoms with Crippen LogP contribution in [0.15, 0.2) is 41.0 Å². The number of benzene rings is 1. The largest absolute Gasteiger partial charge is 0.493 e. The third-order valence-corrected chi connectivity index (χ3v) is 3.85. The van der Waals surface area contributed by atoms with Gasteiger partial charge in [0.1, 0.15) is 5.76 Å². The Kier molecular flexibility index (Phi) is 6.71. The first-order valence-corrected chi connectivity index (χ1v) is 7.97. The van der Waals surface area contributed by atoms with Crippen molar-refractivity contribution in [1.82, 2.24) is 15.5 Å². The Hall–Kier alpha value is -2.67. The van der Waals surface area contributed by atoms with Crippen LogP contribution in [0.2, 0.25) is 0 Å². The lowest BCUT2D eigenvalue weighted by Gasteiger charge is -2.22. The van der Waals surface area contributed by atoms with Crippen LogP contribution < -0.4 is 20.1 Å². The molecule has 2 aromatic rings. The van der Waals surface area contributed by atoms with Crippen LogP contribution in [0.1, 0.15) is 17.4 Å². The van der Waals surface area contributed by atoms with Crippen molar-refractivity contribution in [3.63, 3.8) is 0 Å². The normalized spacial score (nSPS) is 11.9. The molecule has 0 unspecified atom stereocenters. The number of carbonyl (C=O) groups excluding carboxylic acids is 1. The number of urea groups is 1. The van der Waals surface area contributed by atoms with Crippen molar-refractivity contribution in [2.75, 3.05) is 34.9 Å². The van der Waals surface area contributed by atoms with E-state index in [2.05, 4.69) is 10.6 Å². The Morgan fingerprint density at radius 2 is 1.92 bits per heavy atom. The molecule has 2 rings (SSSR count). The highest BCUT2D eigenvalue weighted by Gasteiger charge is 2.17. The molecule has 0 saturated heterocycles. The van der Waals surface area contributed by atoms with Gasteiger partial charge in [-0.15, -0.1) is 0 Å². The summed E-state index contributed by atoms with van der Waals surface area (Å²) in [7, 11) is 7.05. The number of methoxy groups -OCH3 is 2. The number of hydrogen-bond donors (Lipinski definition) is 2. The molecule has 0 saturated carbocycles. The van der Waals surface area contributed by atoms with Gasteiger partial charge >= 0.3 is 6.03 Å². The fourth-order valence-electron chi connectivity index (χ4n) is 2.44. The zero-order valence-electron chi connectivity index (χ0n) is 15.0. The molecule has 0 aliphatic heterocycles. The molecule has 136 valence electrons. The number of likely N-dealkylation sites (N-methyl/N-ethyl adjacent to an activating group) is 1. The van der Waals surface area contributed by atoms with Crippen molar-refractivity contribution >= 4 is 6.03 Å². The number of hydrogen-bond acceptors (Lipinski definition) is 5. The number of nitrogens with zero attached hydrogens (tertiary/aromatic N) is 1. The second-order valence-electron chi connectivity index (χ2n) is 5.75. The summed E-state index contributed by atoms with van der Waals surface area (Å²) in [6, 6.07) is 9.00. The van der Waals surface area contributed by atoms with E-state index in [0.29, 0.717) is 24.6 Å². The van der Waals surface area contributed by atoms with Crippen LogP contribution >= 0.6 is 0 Å². The van der Waals surface area contributed by atoms with Gasteiger partial charge in [-0.3, -0.25) is 4.90 Å². The number of carbonyl (C=O) groups is 1. The summed E-state index contributed by atoms with van der Waals surface area (Å²) in [5, 5.41) is 5.70. The standard InChI is InChI=1S/C18H25N3O4/c1-21(2)14(15-6-5-9-25-15)12-20-18(22)19-11-13-7-8-16(23-3)17(10-13)24-4/h5-10,14H,11-12H2,1-4H3,(H2,19,20,22)/t14-/m0/s1. The Balaban J connectivity index is 1.86. The van der Waals surface area contributed by atoms with Gasteiger partial charge in [-0.1, -0.05) is 6.07 Å². The van der Waals surface area contributed by atoms with E-state index in [9.17, 15) is 4.79 Å². The molecule has 0 spiro atoms. The second kappa shape index (κ2) is 8.98. The molecule has 0 aliphatic rings. The van der Waals surface area contributed by atoms with Crippen LogP contribution in [0.5, 0.6) is 11.5 Å². The molecule has 1 heterocycles. The van der Waals surface area contributed by atoms with Gasteiger partial charge in [-0.05, 0) is 43.9 Å². The fraction of sp³-hybridized carbons (Fsp3) is 0.389.